The van der Waals surface area contributed by atoms with Gasteiger partial charge in [0.1, 0.15) is 11.3 Å². The Bertz CT molecular complexity index is 320. The number of ketones is 1. The number of aliphatic hydroxyl groups excluding tert-OH is 1. The molecular weight excluding hydrogens is 206 g/mol. The van der Waals surface area contributed by atoms with E-state index in [1.165, 1.54) is 0 Å². The zero-order valence-corrected chi connectivity index (χ0v) is 9.88. The van der Waals surface area contributed by atoms with E-state index < -0.39 is 5.91 Å². The number of carbonyl (C=O) groups is 2. The zero-order chi connectivity index (χ0) is 12.1. The maximum Gasteiger partial charge on any atom is 0.259 e. The zero-order valence-electron chi connectivity index (χ0n) is 9.88. The van der Waals surface area contributed by atoms with Gasteiger partial charge in [-0.2, -0.15) is 0 Å². The molecule has 1 heterocycles. The number of aliphatic hydroxyl groups is 1. The second-order valence-electron chi connectivity index (χ2n) is 4.10. The SMILES string of the molecule is CCCCC(=O)C1=C(O)C(CCC)NC1=O. The molecule has 0 aliphatic carbocycles. The molecule has 0 fully saturated rings. The van der Waals surface area contributed by atoms with Crippen molar-refractivity contribution in [1.82, 2.24) is 5.32 Å². The van der Waals surface area contributed by atoms with Crippen molar-refractivity contribution in [3.05, 3.63) is 11.3 Å². The van der Waals surface area contributed by atoms with Gasteiger partial charge in [-0.25, -0.2) is 0 Å². The first-order valence-corrected chi connectivity index (χ1v) is 5.89. The number of hydrogen-bond donors (Lipinski definition) is 2. The van der Waals surface area contributed by atoms with Crippen molar-refractivity contribution in [1.29, 1.82) is 0 Å². The standard InChI is InChI=1S/C12H19NO3/c1-3-5-7-9(14)10-11(15)8(6-4-2)13-12(10)16/h8,15H,3-7H2,1-2H3,(H,13,16). The molecule has 2 N–H and O–H groups in total. The minimum atomic E-state index is -0.419. The van der Waals surface area contributed by atoms with Crippen LogP contribution in [0.1, 0.15) is 46.0 Å². The fourth-order valence-corrected chi connectivity index (χ4v) is 1.82. The molecule has 16 heavy (non-hydrogen) atoms. The Morgan fingerprint density at radius 3 is 2.62 bits per heavy atom. The van der Waals surface area contributed by atoms with Gasteiger partial charge in [-0.15, -0.1) is 0 Å². The molecule has 0 aromatic rings. The lowest BCUT2D eigenvalue weighted by molar-refractivity contribution is -0.122. The molecule has 1 amide bonds. The highest BCUT2D eigenvalue weighted by molar-refractivity contribution is 6.21. The fraction of sp³-hybridized carbons (Fsp3) is 0.667. The van der Waals surface area contributed by atoms with Gasteiger partial charge in [-0.3, -0.25) is 9.59 Å². The average molecular weight is 225 g/mol. The molecule has 0 bridgehead atoms. The van der Waals surface area contributed by atoms with E-state index in [1.54, 1.807) is 0 Å². The van der Waals surface area contributed by atoms with Crippen molar-refractivity contribution >= 4 is 11.7 Å². The number of nitrogens with one attached hydrogen (secondary N) is 1. The predicted octanol–water partition coefficient (Wildman–Crippen LogP) is 1.86. The molecule has 1 atom stereocenters. The van der Waals surface area contributed by atoms with Gasteiger partial charge >= 0.3 is 0 Å². The summed E-state index contributed by atoms with van der Waals surface area (Å²) in [6.45, 7) is 3.95. The molecule has 0 saturated heterocycles. The molecule has 0 aromatic carbocycles. The quantitative estimate of drug-likeness (QED) is 0.678. The smallest absolute Gasteiger partial charge is 0.259 e. The van der Waals surface area contributed by atoms with Crippen molar-refractivity contribution < 1.29 is 14.7 Å². The third-order valence-electron chi connectivity index (χ3n) is 2.73. The summed E-state index contributed by atoms with van der Waals surface area (Å²) in [4.78, 5) is 23.2. The number of unbranched alkanes of at least 4 members (excludes halogenated alkanes) is 1. The molecule has 0 aromatic heterocycles. The molecule has 1 aliphatic rings. The van der Waals surface area contributed by atoms with Crippen molar-refractivity contribution in [2.75, 3.05) is 0 Å². The molecule has 0 radical (unpaired) electrons. The highest BCUT2D eigenvalue weighted by atomic mass is 16.3. The van der Waals surface area contributed by atoms with Gasteiger partial charge in [-0.05, 0) is 12.8 Å². The van der Waals surface area contributed by atoms with Gasteiger partial charge in [0.15, 0.2) is 5.78 Å². The van der Waals surface area contributed by atoms with Crippen LogP contribution in [0.25, 0.3) is 0 Å². The van der Waals surface area contributed by atoms with Crippen molar-refractivity contribution in [2.24, 2.45) is 0 Å². The number of Topliss-reactive ketones (excluding diaryl/α,β-unsaturated/α-hetero) is 1. The van der Waals surface area contributed by atoms with Gasteiger partial charge in [0.25, 0.3) is 5.91 Å². The van der Waals surface area contributed by atoms with E-state index >= 15 is 0 Å². The van der Waals surface area contributed by atoms with E-state index in [1.807, 2.05) is 13.8 Å². The number of hydrogen-bond acceptors (Lipinski definition) is 3. The van der Waals surface area contributed by atoms with E-state index in [-0.39, 0.29) is 23.2 Å². The Morgan fingerprint density at radius 1 is 1.38 bits per heavy atom. The molecule has 90 valence electrons. The highest BCUT2D eigenvalue weighted by Gasteiger charge is 2.34. The summed E-state index contributed by atoms with van der Waals surface area (Å²) in [5, 5.41) is 12.4. The van der Waals surface area contributed by atoms with E-state index in [2.05, 4.69) is 5.32 Å². The normalized spacial score (nSPS) is 20.1. The summed E-state index contributed by atoms with van der Waals surface area (Å²) in [5.74, 6) is -0.722. The Balaban J connectivity index is 2.76. The van der Waals surface area contributed by atoms with Gasteiger partial charge in [0.05, 0.1) is 6.04 Å². The van der Waals surface area contributed by atoms with Gasteiger partial charge < -0.3 is 10.4 Å². The van der Waals surface area contributed by atoms with Crippen LogP contribution in [0, 0.1) is 0 Å². The second kappa shape index (κ2) is 5.68. The first-order chi connectivity index (χ1) is 7.61. The molecular formula is C12H19NO3. The first-order valence-electron chi connectivity index (χ1n) is 5.89. The van der Waals surface area contributed by atoms with Gasteiger partial charge in [0.2, 0.25) is 0 Å². The van der Waals surface area contributed by atoms with Crippen LogP contribution in [0.15, 0.2) is 11.3 Å². The maximum atomic E-state index is 11.7. The molecule has 4 nitrogen and oxygen atoms in total. The number of amides is 1. The molecule has 1 unspecified atom stereocenters. The summed E-state index contributed by atoms with van der Waals surface area (Å²) in [7, 11) is 0. The summed E-state index contributed by atoms with van der Waals surface area (Å²) in [6, 6.07) is -0.363. The van der Waals surface area contributed by atoms with Crippen LogP contribution >= 0.6 is 0 Å². The number of rotatable bonds is 6. The van der Waals surface area contributed by atoms with Gasteiger partial charge in [-0.1, -0.05) is 26.7 Å². The predicted molar refractivity (Wildman–Crippen MR) is 61.0 cm³/mol. The summed E-state index contributed by atoms with van der Waals surface area (Å²) in [6.07, 6.45) is 3.51. The first kappa shape index (κ1) is 12.7. The Hall–Kier alpha value is -1.32. The van der Waals surface area contributed by atoms with Crippen LogP contribution in [-0.2, 0) is 9.59 Å². The van der Waals surface area contributed by atoms with Crippen molar-refractivity contribution in [3.63, 3.8) is 0 Å². The Kier molecular flexibility index (Phi) is 4.52. The third-order valence-corrected chi connectivity index (χ3v) is 2.73. The Morgan fingerprint density at radius 2 is 2.06 bits per heavy atom. The summed E-state index contributed by atoms with van der Waals surface area (Å²) >= 11 is 0. The Labute approximate surface area is 95.7 Å². The molecule has 0 saturated carbocycles. The topological polar surface area (TPSA) is 66.4 Å². The minimum absolute atomic E-state index is 0.0214. The van der Waals surface area contributed by atoms with Crippen LogP contribution in [0.3, 0.4) is 0 Å². The van der Waals surface area contributed by atoms with E-state index in [0.717, 1.165) is 19.3 Å². The lowest BCUT2D eigenvalue weighted by Crippen LogP contribution is -2.29. The average Bonchev–Trinajstić information content (AvgIpc) is 2.52. The third kappa shape index (κ3) is 2.62. The molecule has 4 heteroatoms. The van der Waals surface area contributed by atoms with E-state index in [0.29, 0.717) is 12.8 Å². The lowest BCUT2D eigenvalue weighted by atomic mass is 10.0. The largest absolute Gasteiger partial charge is 0.509 e. The van der Waals surface area contributed by atoms with Gasteiger partial charge in [0, 0.05) is 6.42 Å². The maximum absolute atomic E-state index is 11.7. The minimum Gasteiger partial charge on any atom is -0.509 e. The van der Waals surface area contributed by atoms with Crippen LogP contribution in [0.4, 0.5) is 0 Å². The molecule has 1 aliphatic heterocycles. The molecule has 0 spiro atoms. The summed E-state index contributed by atoms with van der Waals surface area (Å²) < 4.78 is 0. The van der Waals surface area contributed by atoms with E-state index in [4.69, 9.17) is 0 Å². The molecule has 1 rings (SSSR count). The van der Waals surface area contributed by atoms with Crippen molar-refractivity contribution in [2.45, 2.75) is 52.0 Å². The van der Waals surface area contributed by atoms with Crippen molar-refractivity contribution in [3.8, 4) is 0 Å². The monoisotopic (exact) mass is 225 g/mol. The van der Waals surface area contributed by atoms with Crippen LogP contribution in [-0.4, -0.2) is 22.8 Å². The van der Waals surface area contributed by atoms with Crippen LogP contribution in [0.2, 0.25) is 0 Å². The fourth-order valence-electron chi connectivity index (χ4n) is 1.82. The second-order valence-corrected chi connectivity index (χ2v) is 4.10. The highest BCUT2D eigenvalue weighted by Crippen LogP contribution is 2.20. The van der Waals surface area contributed by atoms with Crippen LogP contribution in [0.5, 0.6) is 0 Å². The van der Waals surface area contributed by atoms with E-state index in [9.17, 15) is 14.7 Å². The lowest BCUT2D eigenvalue weighted by Gasteiger charge is -2.08. The summed E-state index contributed by atoms with van der Waals surface area (Å²) in [5.41, 5.74) is -0.0214. The van der Waals surface area contributed by atoms with Crippen LogP contribution < -0.4 is 5.32 Å². The number of carbonyl (C=O) groups excluding carboxylic acids is 2.